The van der Waals surface area contributed by atoms with Crippen LogP contribution in [0.15, 0.2) is 30.9 Å². The second-order valence-corrected chi connectivity index (χ2v) is 6.20. The van der Waals surface area contributed by atoms with Crippen molar-refractivity contribution >= 4 is 11.8 Å². The van der Waals surface area contributed by atoms with Crippen molar-refractivity contribution in [1.82, 2.24) is 14.5 Å². The molecule has 2 aromatic heterocycles. The van der Waals surface area contributed by atoms with Gasteiger partial charge in [0.1, 0.15) is 5.82 Å². The third-order valence-corrected chi connectivity index (χ3v) is 4.55. The van der Waals surface area contributed by atoms with Gasteiger partial charge >= 0.3 is 29.6 Å². The number of aliphatic carboxylic acids is 1. The number of carboxylic acid groups (broad SMARTS) is 1. The zero-order valence-electron chi connectivity index (χ0n) is 15.0. The normalized spacial score (nSPS) is 15.1. The zero-order valence-corrected chi connectivity index (χ0v) is 17.0. The zero-order chi connectivity index (χ0) is 16.2. The van der Waals surface area contributed by atoms with E-state index in [0.717, 1.165) is 18.4 Å². The molecule has 1 unspecified atom stereocenters. The molecular weight excluding hydrogens is 347 g/mol. The van der Waals surface area contributed by atoms with Crippen molar-refractivity contribution in [1.29, 1.82) is 0 Å². The molecular formula is C17H25N4NaO4. The Balaban J connectivity index is 0.00000208. The Labute approximate surface area is 174 Å². The van der Waals surface area contributed by atoms with Crippen LogP contribution in [-0.2, 0) is 11.2 Å². The monoisotopic (exact) mass is 372 g/mol. The number of hydrogen-bond donors (Lipinski definition) is 1. The maximum Gasteiger partial charge on any atom is 1.00 e. The summed E-state index contributed by atoms with van der Waals surface area (Å²) in [6, 6.07) is 3.89. The maximum absolute atomic E-state index is 11.6. The molecule has 138 valence electrons. The van der Waals surface area contributed by atoms with Gasteiger partial charge in [0, 0.05) is 24.4 Å². The summed E-state index contributed by atoms with van der Waals surface area (Å²) in [5, 5.41) is 11.6. The first-order valence-electron chi connectivity index (χ1n) is 8.08. The predicted molar refractivity (Wildman–Crippen MR) is 91.7 cm³/mol. The van der Waals surface area contributed by atoms with Crippen LogP contribution in [0.4, 0.5) is 5.82 Å². The van der Waals surface area contributed by atoms with E-state index in [1.165, 1.54) is 19.3 Å². The van der Waals surface area contributed by atoms with Gasteiger partial charge in [-0.15, -0.1) is 0 Å². The molecule has 26 heavy (non-hydrogen) atoms. The van der Waals surface area contributed by atoms with E-state index in [-0.39, 0.29) is 40.5 Å². The number of pyridine rings is 1. The van der Waals surface area contributed by atoms with Crippen LogP contribution in [0.25, 0.3) is 0 Å². The number of carboxylic acids is 1. The Kier molecular flexibility index (Phi) is 10.7. The largest absolute Gasteiger partial charge is 1.00 e. The van der Waals surface area contributed by atoms with Gasteiger partial charge in [-0.2, -0.15) is 0 Å². The molecule has 3 rings (SSSR count). The second-order valence-electron chi connectivity index (χ2n) is 6.20. The first kappa shape index (κ1) is 24.6. The number of carbonyl (C=O) groups excluding carboxylic acids is 1. The number of hydrogen-bond acceptors (Lipinski definition) is 5. The molecule has 0 aromatic carbocycles. The molecule has 1 aliphatic carbocycles. The third kappa shape index (κ3) is 6.07. The number of anilines is 1. The molecule has 1 aliphatic rings. The van der Waals surface area contributed by atoms with Gasteiger partial charge in [0.2, 0.25) is 0 Å². The fourth-order valence-corrected chi connectivity index (χ4v) is 3.21. The van der Waals surface area contributed by atoms with Crippen LogP contribution in [0, 0.1) is 0 Å². The molecule has 8 nitrogen and oxygen atoms in total. The predicted octanol–water partition coefficient (Wildman–Crippen LogP) is -3.20. The second kappa shape index (κ2) is 11.3. The number of nitrogens with two attached hydrogens (primary N) is 1. The van der Waals surface area contributed by atoms with Crippen LogP contribution < -0.4 is 40.4 Å². The topological polar surface area (TPSA) is 160 Å². The maximum atomic E-state index is 11.6. The van der Waals surface area contributed by atoms with E-state index in [0.29, 0.717) is 24.0 Å². The number of aromatic nitrogens is 3. The molecule has 0 amide bonds. The Morgan fingerprint density at radius 1 is 1.23 bits per heavy atom. The first-order valence-corrected chi connectivity index (χ1v) is 8.08. The molecule has 6 N–H and O–H groups in total. The Morgan fingerprint density at radius 2 is 1.92 bits per heavy atom. The van der Waals surface area contributed by atoms with E-state index in [2.05, 4.69) is 14.5 Å². The average molecular weight is 372 g/mol. The van der Waals surface area contributed by atoms with Crippen molar-refractivity contribution in [3.05, 3.63) is 42.1 Å². The molecule has 9 heteroatoms. The van der Waals surface area contributed by atoms with E-state index in [1.807, 2.05) is 6.20 Å². The molecule has 2 heterocycles. The van der Waals surface area contributed by atoms with Crippen molar-refractivity contribution < 1.29 is 50.4 Å². The Bertz CT molecular complexity index is 672. The summed E-state index contributed by atoms with van der Waals surface area (Å²) in [6.45, 7) is 0. The summed E-state index contributed by atoms with van der Waals surface area (Å²) >= 11 is 0. The van der Waals surface area contributed by atoms with Crippen LogP contribution in [0.2, 0.25) is 0 Å². The molecule has 1 saturated carbocycles. The molecule has 0 saturated heterocycles. The van der Waals surface area contributed by atoms with Crippen molar-refractivity contribution in [2.24, 2.45) is 0 Å². The fourth-order valence-electron chi connectivity index (χ4n) is 3.21. The third-order valence-electron chi connectivity index (χ3n) is 4.55. The Hall–Kier alpha value is -1.45. The van der Waals surface area contributed by atoms with Gasteiger partial charge in [-0.3, -0.25) is 0 Å². The molecule has 1 atom stereocenters. The SMILES string of the molecule is Nc1ccc(CC(C(=O)[O-])c2cn(C3CCCCC3)cn2)cn1.O.O.[Na+]. The number of nitrogen functional groups attached to an aromatic ring is 1. The minimum absolute atomic E-state index is 0. The summed E-state index contributed by atoms with van der Waals surface area (Å²) < 4.78 is 2.06. The van der Waals surface area contributed by atoms with E-state index in [4.69, 9.17) is 5.73 Å². The first-order chi connectivity index (χ1) is 11.1. The van der Waals surface area contributed by atoms with Gasteiger partial charge in [0.05, 0.1) is 18.0 Å². The fraction of sp³-hybridized carbons (Fsp3) is 0.471. The van der Waals surface area contributed by atoms with Gasteiger partial charge in [-0.25, -0.2) is 9.97 Å². The van der Waals surface area contributed by atoms with Crippen LogP contribution in [0.3, 0.4) is 0 Å². The van der Waals surface area contributed by atoms with Gasteiger partial charge in [-0.05, 0) is 30.9 Å². The van der Waals surface area contributed by atoms with Crippen LogP contribution >= 0.6 is 0 Å². The Morgan fingerprint density at radius 3 is 2.50 bits per heavy atom. The van der Waals surface area contributed by atoms with Crippen molar-refractivity contribution in [2.75, 3.05) is 5.73 Å². The molecule has 0 aliphatic heterocycles. The summed E-state index contributed by atoms with van der Waals surface area (Å²) in [5.74, 6) is -1.47. The van der Waals surface area contributed by atoms with E-state index in [1.54, 1.807) is 24.7 Å². The van der Waals surface area contributed by atoms with Crippen molar-refractivity contribution in [2.45, 2.75) is 50.5 Å². The molecule has 0 spiro atoms. The van der Waals surface area contributed by atoms with Gasteiger partial charge in [0.25, 0.3) is 0 Å². The minimum Gasteiger partial charge on any atom is -0.549 e. The summed E-state index contributed by atoms with van der Waals surface area (Å²) in [5.41, 5.74) is 6.91. The van der Waals surface area contributed by atoms with E-state index >= 15 is 0 Å². The summed E-state index contributed by atoms with van der Waals surface area (Å²) in [7, 11) is 0. The average Bonchev–Trinajstić information content (AvgIpc) is 3.04. The molecule has 1 fully saturated rings. The van der Waals surface area contributed by atoms with Crippen LogP contribution in [-0.4, -0.2) is 31.5 Å². The van der Waals surface area contributed by atoms with Gasteiger partial charge < -0.3 is 31.2 Å². The number of imidazole rings is 1. The van der Waals surface area contributed by atoms with Gasteiger partial charge in [0.15, 0.2) is 0 Å². The number of carbonyl (C=O) groups is 1. The van der Waals surface area contributed by atoms with Gasteiger partial charge in [-0.1, -0.05) is 25.3 Å². The summed E-state index contributed by atoms with van der Waals surface area (Å²) in [6.07, 6.45) is 11.5. The van der Waals surface area contributed by atoms with E-state index in [9.17, 15) is 9.90 Å². The molecule has 0 radical (unpaired) electrons. The molecule has 0 bridgehead atoms. The minimum atomic E-state index is -1.12. The van der Waals surface area contributed by atoms with E-state index < -0.39 is 11.9 Å². The summed E-state index contributed by atoms with van der Waals surface area (Å²) in [4.78, 5) is 19.9. The van der Waals surface area contributed by atoms with Crippen molar-refractivity contribution in [3.8, 4) is 0 Å². The number of rotatable bonds is 5. The van der Waals surface area contributed by atoms with Crippen LogP contribution in [0.1, 0.15) is 55.3 Å². The van der Waals surface area contributed by atoms with Crippen LogP contribution in [0.5, 0.6) is 0 Å². The van der Waals surface area contributed by atoms with Crippen molar-refractivity contribution in [3.63, 3.8) is 0 Å². The number of nitrogens with zero attached hydrogens (tertiary/aromatic N) is 3. The smallest absolute Gasteiger partial charge is 0.549 e. The quantitative estimate of drug-likeness (QED) is 0.546. The standard InChI is InChI=1S/C17H22N4O2.Na.2H2O/c18-16-7-6-12(9-19-16)8-14(17(22)23)15-10-21(11-20-15)13-4-2-1-3-5-13;;;/h6-7,9-11,13-14H,1-5,8H2,(H2,18,19)(H,22,23);;2*1H2/q;+1;;/p-1. The molecule has 2 aromatic rings.